The summed E-state index contributed by atoms with van der Waals surface area (Å²) in [6, 6.07) is 6.07. The summed E-state index contributed by atoms with van der Waals surface area (Å²) in [5.74, 6) is -0.832. The number of nitrogens with zero attached hydrogens (tertiary/aromatic N) is 5. The molecule has 0 aliphatic carbocycles. The fourth-order valence-electron chi connectivity index (χ4n) is 3.97. The van der Waals surface area contributed by atoms with Crippen LogP contribution in [0.15, 0.2) is 40.0 Å². The van der Waals surface area contributed by atoms with Crippen molar-refractivity contribution >= 4 is 49.4 Å². The molecule has 37 heavy (non-hydrogen) atoms. The molecule has 198 valence electrons. The van der Waals surface area contributed by atoms with E-state index in [4.69, 9.17) is 0 Å². The maximum absolute atomic E-state index is 14.8. The van der Waals surface area contributed by atoms with Crippen LogP contribution in [0, 0.1) is 12.7 Å². The number of aromatic nitrogens is 2. The van der Waals surface area contributed by atoms with Crippen molar-refractivity contribution in [2.75, 3.05) is 18.1 Å². The normalized spacial score (nSPS) is 14.6. The zero-order valence-corrected chi connectivity index (χ0v) is 22.2. The van der Waals surface area contributed by atoms with Crippen molar-refractivity contribution in [3.05, 3.63) is 63.3 Å². The van der Waals surface area contributed by atoms with Crippen LogP contribution in [-0.2, 0) is 22.9 Å². The number of rotatable bonds is 7. The van der Waals surface area contributed by atoms with Crippen LogP contribution in [0.4, 0.5) is 23.2 Å². The number of hydrogen-bond acceptors (Lipinski definition) is 6. The van der Waals surface area contributed by atoms with Gasteiger partial charge in [0.1, 0.15) is 23.5 Å². The zero-order valence-electron chi connectivity index (χ0n) is 19.8. The van der Waals surface area contributed by atoms with Crippen LogP contribution in [0.1, 0.15) is 40.7 Å². The van der Waals surface area contributed by atoms with Gasteiger partial charge in [-0.05, 0) is 49.1 Å². The first-order valence-electron chi connectivity index (χ1n) is 11.2. The molecule has 0 bridgehead atoms. The van der Waals surface area contributed by atoms with Crippen LogP contribution >= 0.6 is 15.9 Å². The third kappa shape index (κ3) is 5.21. The molecule has 1 aromatic carbocycles. The molecule has 0 spiro atoms. The van der Waals surface area contributed by atoms with Crippen LogP contribution < -0.4 is 5.01 Å². The maximum atomic E-state index is 14.8. The number of ketones is 1. The van der Waals surface area contributed by atoms with Gasteiger partial charge in [0.05, 0.1) is 24.5 Å². The molecule has 0 atom stereocenters. The quantitative estimate of drug-likeness (QED) is 0.285. The summed E-state index contributed by atoms with van der Waals surface area (Å²) in [5, 5.41) is 4.75. The molecule has 0 saturated heterocycles. The number of alkyl halides is 3. The zero-order chi connectivity index (χ0) is 27.1. The minimum atomic E-state index is -5.56. The number of anilines is 1. The molecule has 0 radical (unpaired) electrons. The Labute approximate surface area is 218 Å². The van der Waals surface area contributed by atoms with Crippen molar-refractivity contribution in [2.45, 2.75) is 38.6 Å². The Balaban J connectivity index is 1.48. The van der Waals surface area contributed by atoms with Crippen LogP contribution in [0.5, 0.6) is 0 Å². The number of carbonyl (C=O) groups is 1. The Kier molecular flexibility index (Phi) is 7.34. The molecule has 0 unspecified atom stereocenters. The molecule has 0 fully saturated rings. The van der Waals surface area contributed by atoms with Crippen molar-refractivity contribution in [3.63, 3.8) is 0 Å². The van der Waals surface area contributed by atoms with E-state index < -0.39 is 27.9 Å². The van der Waals surface area contributed by atoms with Crippen LogP contribution in [0.25, 0.3) is 5.65 Å². The lowest BCUT2D eigenvalue weighted by atomic mass is 10.0. The van der Waals surface area contributed by atoms with E-state index in [0.29, 0.717) is 35.4 Å². The lowest BCUT2D eigenvalue weighted by Gasteiger charge is -2.29. The van der Waals surface area contributed by atoms with Crippen molar-refractivity contribution in [1.29, 1.82) is 0 Å². The van der Waals surface area contributed by atoms with E-state index in [1.807, 2.05) is 26.1 Å². The van der Waals surface area contributed by atoms with Gasteiger partial charge in [0.2, 0.25) is 0 Å². The minimum Gasteiger partial charge on any atom is -0.296 e. The number of hydrazone groups is 1. The Bertz CT molecular complexity index is 1500. The Morgan fingerprint density at radius 2 is 1.92 bits per heavy atom. The van der Waals surface area contributed by atoms with Gasteiger partial charge in [-0.2, -0.15) is 26.7 Å². The van der Waals surface area contributed by atoms with Crippen molar-refractivity contribution in [2.24, 2.45) is 5.10 Å². The number of carbonyl (C=O) groups excluding carboxylic acids is 1. The molecule has 8 nitrogen and oxygen atoms in total. The lowest BCUT2D eigenvalue weighted by molar-refractivity contribution is -0.0471. The standard InChI is InChI=1S/C23H22BrF4N5O3S/c1-3-18-22(32-12-14(2)16(24)11-21(32)30-18)20(34)7-5-15-4-6-19(17(25)10-15)33-9-8-31(13-29-33)37(35,36)23(26,27)28/h4,6,10-13H,3,5,7-9H2,1-2H3. The molecule has 1 aliphatic heterocycles. The van der Waals surface area contributed by atoms with Gasteiger partial charge in [-0.15, -0.1) is 0 Å². The van der Waals surface area contributed by atoms with Gasteiger partial charge in [0.25, 0.3) is 0 Å². The Morgan fingerprint density at radius 1 is 1.19 bits per heavy atom. The van der Waals surface area contributed by atoms with Gasteiger partial charge >= 0.3 is 15.5 Å². The van der Waals surface area contributed by atoms with E-state index >= 15 is 0 Å². The highest BCUT2D eigenvalue weighted by Gasteiger charge is 2.50. The van der Waals surface area contributed by atoms with E-state index in [2.05, 4.69) is 26.0 Å². The number of aryl methyl sites for hydroxylation is 3. The molecule has 0 N–H and O–H groups in total. The highest BCUT2D eigenvalue weighted by atomic mass is 79.9. The number of benzene rings is 1. The summed E-state index contributed by atoms with van der Waals surface area (Å²) >= 11 is 3.47. The monoisotopic (exact) mass is 603 g/mol. The summed E-state index contributed by atoms with van der Waals surface area (Å²) in [6.07, 6.45) is 3.29. The van der Waals surface area contributed by atoms with Gasteiger partial charge in [-0.25, -0.2) is 13.7 Å². The number of sulfonamides is 1. The molecule has 14 heteroatoms. The second kappa shape index (κ2) is 10.0. The van der Waals surface area contributed by atoms with E-state index in [0.717, 1.165) is 15.0 Å². The first-order valence-corrected chi connectivity index (χ1v) is 13.4. The summed E-state index contributed by atoms with van der Waals surface area (Å²) in [4.78, 5) is 17.7. The first-order chi connectivity index (χ1) is 17.3. The smallest absolute Gasteiger partial charge is 0.296 e. The van der Waals surface area contributed by atoms with Gasteiger partial charge in [0, 0.05) is 17.1 Å². The fourth-order valence-corrected chi connectivity index (χ4v) is 5.03. The number of fused-ring (bicyclic) bond motifs is 1. The molecule has 4 rings (SSSR count). The molecule has 1 aliphatic rings. The Hall–Kier alpha value is -3.00. The largest absolute Gasteiger partial charge is 0.516 e. The molecule has 3 aromatic rings. The summed E-state index contributed by atoms with van der Waals surface area (Å²) in [5.41, 5.74) is -2.17. The number of Topliss-reactive ketones (excluding diaryl/α,β-unsaturated/α-hetero) is 1. The van der Waals surface area contributed by atoms with Crippen LogP contribution in [0.2, 0.25) is 0 Å². The SMILES string of the molecule is CCc1nc2cc(Br)c(C)cn2c1C(=O)CCc1ccc(N2CCN(S(=O)(=O)C(F)(F)F)C=N2)c(F)c1. The topological polar surface area (TPSA) is 87.4 Å². The predicted molar refractivity (Wildman–Crippen MR) is 134 cm³/mol. The molecular weight excluding hydrogens is 582 g/mol. The minimum absolute atomic E-state index is 0.0218. The van der Waals surface area contributed by atoms with E-state index in [1.54, 1.807) is 10.5 Å². The number of imidazole rings is 1. The third-order valence-electron chi connectivity index (χ3n) is 5.95. The van der Waals surface area contributed by atoms with E-state index in [-0.39, 0.29) is 35.2 Å². The first kappa shape index (κ1) is 27.0. The van der Waals surface area contributed by atoms with Crippen LogP contribution in [0.3, 0.4) is 0 Å². The number of halogens is 5. The van der Waals surface area contributed by atoms with Crippen molar-refractivity contribution < 1.29 is 30.8 Å². The van der Waals surface area contributed by atoms with Crippen molar-refractivity contribution in [3.8, 4) is 0 Å². The second-order valence-corrected chi connectivity index (χ2v) is 11.2. The van der Waals surface area contributed by atoms with Gasteiger partial charge in [-0.1, -0.05) is 28.9 Å². The van der Waals surface area contributed by atoms with Crippen LogP contribution in [-0.4, -0.2) is 52.8 Å². The van der Waals surface area contributed by atoms with Gasteiger partial charge < -0.3 is 0 Å². The average molecular weight is 604 g/mol. The highest BCUT2D eigenvalue weighted by Crippen LogP contribution is 2.29. The number of hydrogen-bond donors (Lipinski definition) is 0. The summed E-state index contributed by atoms with van der Waals surface area (Å²) < 4.78 is 78.7. The molecule has 0 saturated carbocycles. The Morgan fingerprint density at radius 3 is 2.51 bits per heavy atom. The molecule has 0 amide bonds. The average Bonchev–Trinajstić information content (AvgIpc) is 3.19. The summed E-state index contributed by atoms with van der Waals surface area (Å²) in [6.45, 7) is 3.00. The summed E-state index contributed by atoms with van der Waals surface area (Å²) in [7, 11) is -5.56. The molecule has 3 heterocycles. The third-order valence-corrected chi connectivity index (χ3v) is 8.28. The fraction of sp³-hybridized carbons (Fsp3) is 0.348. The van der Waals surface area contributed by atoms with Crippen molar-refractivity contribution in [1.82, 2.24) is 13.7 Å². The van der Waals surface area contributed by atoms with E-state index in [1.165, 1.54) is 12.1 Å². The van der Waals surface area contributed by atoms with Gasteiger partial charge in [0.15, 0.2) is 5.78 Å². The predicted octanol–water partition coefficient (Wildman–Crippen LogP) is 4.84. The molecular formula is C23H22BrF4N5O3S. The lowest BCUT2D eigenvalue weighted by Crippen LogP contribution is -2.46. The molecule has 2 aromatic heterocycles. The second-order valence-electron chi connectivity index (χ2n) is 8.42. The van der Waals surface area contributed by atoms with Gasteiger partial charge in [-0.3, -0.25) is 14.2 Å². The highest BCUT2D eigenvalue weighted by molar-refractivity contribution is 9.10. The number of pyridine rings is 1. The maximum Gasteiger partial charge on any atom is 0.516 e. The van der Waals surface area contributed by atoms with E-state index in [9.17, 15) is 30.8 Å².